The number of hydrogen-bond acceptors (Lipinski definition) is 2. The average Bonchev–Trinajstić information content (AvgIpc) is 2.87. The minimum absolute atomic E-state index is 0.249. The van der Waals surface area contributed by atoms with Crippen LogP contribution in [0.25, 0.3) is 10.1 Å². The zero-order valence-corrected chi connectivity index (χ0v) is 12.7. The highest BCUT2D eigenvalue weighted by molar-refractivity contribution is 7.20. The quantitative estimate of drug-likeness (QED) is 0.686. The number of anilines is 1. The molecule has 0 unspecified atom stereocenters. The number of hydrogen-bond donors (Lipinski definition) is 1. The van der Waals surface area contributed by atoms with E-state index in [9.17, 15) is 9.18 Å². The van der Waals surface area contributed by atoms with E-state index in [1.807, 2.05) is 6.92 Å². The smallest absolute Gasteiger partial charge is 0.265 e. The molecule has 0 saturated carbocycles. The van der Waals surface area contributed by atoms with Crippen LogP contribution >= 0.6 is 22.9 Å². The Bertz CT molecular complexity index is 843. The summed E-state index contributed by atoms with van der Waals surface area (Å²) in [5.41, 5.74) is 1.57. The molecule has 1 N–H and O–H groups in total. The topological polar surface area (TPSA) is 29.1 Å². The van der Waals surface area contributed by atoms with Crippen LogP contribution < -0.4 is 5.32 Å². The Balaban J connectivity index is 1.92. The molecule has 21 heavy (non-hydrogen) atoms. The van der Waals surface area contributed by atoms with Crippen molar-refractivity contribution in [2.75, 3.05) is 5.32 Å². The summed E-state index contributed by atoms with van der Waals surface area (Å²) in [5, 5.41) is 3.92. The molecule has 0 saturated heterocycles. The third-order valence-corrected chi connectivity index (χ3v) is 4.50. The fourth-order valence-electron chi connectivity index (χ4n) is 2.09. The number of fused-ring (bicyclic) bond motifs is 1. The summed E-state index contributed by atoms with van der Waals surface area (Å²) in [5.74, 6) is -0.563. The van der Waals surface area contributed by atoms with E-state index in [1.54, 1.807) is 36.4 Å². The van der Waals surface area contributed by atoms with Crippen molar-refractivity contribution >= 4 is 44.6 Å². The van der Waals surface area contributed by atoms with Gasteiger partial charge in [-0.2, -0.15) is 0 Å². The molecule has 0 atom stereocenters. The molecule has 0 aliphatic carbocycles. The van der Waals surface area contributed by atoms with Gasteiger partial charge in [0.25, 0.3) is 5.91 Å². The molecule has 0 bridgehead atoms. The summed E-state index contributed by atoms with van der Waals surface area (Å²) in [6.45, 7) is 1.87. The second-order valence-electron chi connectivity index (χ2n) is 4.68. The van der Waals surface area contributed by atoms with Gasteiger partial charge in [0.2, 0.25) is 0 Å². The normalized spacial score (nSPS) is 10.8. The summed E-state index contributed by atoms with van der Waals surface area (Å²) in [6.07, 6.45) is 0. The number of benzene rings is 2. The van der Waals surface area contributed by atoms with E-state index < -0.39 is 0 Å². The number of halogens is 2. The summed E-state index contributed by atoms with van der Waals surface area (Å²) < 4.78 is 14.4. The van der Waals surface area contributed by atoms with E-state index in [0.717, 1.165) is 10.3 Å². The van der Waals surface area contributed by atoms with E-state index >= 15 is 0 Å². The zero-order chi connectivity index (χ0) is 15.0. The third-order valence-electron chi connectivity index (χ3n) is 3.17. The summed E-state index contributed by atoms with van der Waals surface area (Å²) in [6, 6.07) is 11.7. The number of amides is 1. The highest BCUT2D eigenvalue weighted by atomic mass is 35.5. The van der Waals surface area contributed by atoms with Gasteiger partial charge in [0, 0.05) is 20.8 Å². The molecule has 3 aromatic rings. The summed E-state index contributed by atoms with van der Waals surface area (Å²) in [7, 11) is 0. The number of thiophene rings is 1. The first-order chi connectivity index (χ1) is 10.0. The Morgan fingerprint density at radius 2 is 2.05 bits per heavy atom. The molecule has 3 rings (SSSR count). The van der Waals surface area contributed by atoms with E-state index in [0.29, 0.717) is 21.0 Å². The Morgan fingerprint density at radius 3 is 2.76 bits per heavy atom. The Labute approximate surface area is 130 Å². The SMILES string of the molecule is Cc1cc(Cl)ccc1NC(=O)c1cc2c(F)cccc2s1. The Hall–Kier alpha value is -1.91. The molecule has 1 aromatic heterocycles. The number of carbonyl (C=O) groups excluding carboxylic acids is 1. The number of rotatable bonds is 2. The standard InChI is InChI=1S/C16H11ClFNOS/c1-9-7-10(17)5-6-13(9)19-16(20)15-8-11-12(18)3-2-4-14(11)21-15/h2-8H,1H3,(H,19,20). The summed E-state index contributed by atoms with van der Waals surface area (Å²) in [4.78, 5) is 12.8. The van der Waals surface area contributed by atoms with Crippen LogP contribution in [0.4, 0.5) is 10.1 Å². The van der Waals surface area contributed by atoms with E-state index in [1.165, 1.54) is 17.4 Å². The molecule has 0 radical (unpaired) electrons. The fourth-order valence-corrected chi connectivity index (χ4v) is 3.29. The number of aryl methyl sites for hydroxylation is 1. The first-order valence-corrected chi connectivity index (χ1v) is 7.49. The lowest BCUT2D eigenvalue weighted by Gasteiger charge is -2.07. The Morgan fingerprint density at radius 1 is 1.24 bits per heavy atom. The van der Waals surface area contributed by atoms with Crippen LogP contribution in [0.2, 0.25) is 5.02 Å². The average molecular weight is 320 g/mol. The van der Waals surface area contributed by atoms with Crippen molar-refractivity contribution < 1.29 is 9.18 Å². The molecule has 2 aromatic carbocycles. The van der Waals surface area contributed by atoms with Gasteiger partial charge in [-0.05, 0) is 48.9 Å². The molecule has 1 heterocycles. The minimum Gasteiger partial charge on any atom is -0.321 e. The molecule has 2 nitrogen and oxygen atoms in total. The van der Waals surface area contributed by atoms with Crippen LogP contribution in [-0.4, -0.2) is 5.91 Å². The predicted molar refractivity (Wildman–Crippen MR) is 85.9 cm³/mol. The molecule has 0 aliphatic heterocycles. The lowest BCUT2D eigenvalue weighted by molar-refractivity contribution is 0.103. The molecule has 1 amide bonds. The molecular formula is C16H11ClFNOS. The molecule has 0 aliphatic rings. The number of nitrogens with one attached hydrogen (secondary N) is 1. The number of carbonyl (C=O) groups is 1. The van der Waals surface area contributed by atoms with Crippen molar-refractivity contribution in [3.8, 4) is 0 Å². The van der Waals surface area contributed by atoms with Gasteiger partial charge in [0.05, 0.1) is 4.88 Å². The monoisotopic (exact) mass is 319 g/mol. The highest BCUT2D eigenvalue weighted by Crippen LogP contribution is 2.28. The van der Waals surface area contributed by atoms with Gasteiger partial charge in [-0.1, -0.05) is 17.7 Å². The molecule has 0 fully saturated rings. The van der Waals surface area contributed by atoms with E-state index in [2.05, 4.69) is 5.32 Å². The van der Waals surface area contributed by atoms with Gasteiger partial charge in [0.1, 0.15) is 5.82 Å². The predicted octanol–water partition coefficient (Wildman–Crippen LogP) is 5.25. The lowest BCUT2D eigenvalue weighted by Crippen LogP contribution is -2.10. The van der Waals surface area contributed by atoms with Crippen LogP contribution in [0.3, 0.4) is 0 Å². The van der Waals surface area contributed by atoms with Crippen LogP contribution in [0.15, 0.2) is 42.5 Å². The molecule has 5 heteroatoms. The first kappa shape index (κ1) is 14.0. The molecular weight excluding hydrogens is 309 g/mol. The van der Waals surface area contributed by atoms with Crippen molar-refractivity contribution in [1.29, 1.82) is 0 Å². The van der Waals surface area contributed by atoms with Gasteiger partial charge in [-0.25, -0.2) is 4.39 Å². The van der Waals surface area contributed by atoms with Crippen LogP contribution in [0.5, 0.6) is 0 Å². The van der Waals surface area contributed by atoms with Crippen molar-refractivity contribution in [3.63, 3.8) is 0 Å². The maximum absolute atomic E-state index is 13.7. The fraction of sp³-hybridized carbons (Fsp3) is 0.0625. The molecule has 106 valence electrons. The maximum atomic E-state index is 13.7. The third kappa shape index (κ3) is 2.77. The van der Waals surface area contributed by atoms with Crippen molar-refractivity contribution in [2.45, 2.75) is 6.92 Å². The lowest BCUT2D eigenvalue weighted by atomic mass is 10.2. The second-order valence-corrected chi connectivity index (χ2v) is 6.20. The first-order valence-electron chi connectivity index (χ1n) is 6.30. The van der Waals surface area contributed by atoms with E-state index in [4.69, 9.17) is 11.6 Å². The summed E-state index contributed by atoms with van der Waals surface area (Å²) >= 11 is 7.16. The van der Waals surface area contributed by atoms with Gasteiger partial charge in [-0.15, -0.1) is 11.3 Å². The highest BCUT2D eigenvalue weighted by Gasteiger charge is 2.13. The zero-order valence-electron chi connectivity index (χ0n) is 11.1. The largest absolute Gasteiger partial charge is 0.321 e. The van der Waals surface area contributed by atoms with Crippen LogP contribution in [-0.2, 0) is 0 Å². The van der Waals surface area contributed by atoms with Gasteiger partial charge >= 0.3 is 0 Å². The van der Waals surface area contributed by atoms with Crippen LogP contribution in [0, 0.1) is 12.7 Å². The van der Waals surface area contributed by atoms with Crippen LogP contribution in [0.1, 0.15) is 15.2 Å². The van der Waals surface area contributed by atoms with Gasteiger partial charge in [0.15, 0.2) is 0 Å². The van der Waals surface area contributed by atoms with Crippen molar-refractivity contribution in [1.82, 2.24) is 0 Å². The van der Waals surface area contributed by atoms with Gasteiger partial charge in [-0.3, -0.25) is 4.79 Å². The van der Waals surface area contributed by atoms with Crippen molar-refractivity contribution in [2.24, 2.45) is 0 Å². The Kier molecular flexibility index (Phi) is 3.66. The second kappa shape index (κ2) is 5.47. The van der Waals surface area contributed by atoms with Crippen molar-refractivity contribution in [3.05, 3.63) is 63.7 Å². The maximum Gasteiger partial charge on any atom is 0.265 e. The van der Waals surface area contributed by atoms with Gasteiger partial charge < -0.3 is 5.32 Å². The minimum atomic E-state index is -0.314. The molecule has 0 spiro atoms. The van der Waals surface area contributed by atoms with E-state index in [-0.39, 0.29) is 11.7 Å².